The van der Waals surface area contributed by atoms with Gasteiger partial charge in [0.15, 0.2) is 0 Å². The van der Waals surface area contributed by atoms with Crippen molar-refractivity contribution >= 4 is 13.5 Å². The van der Waals surface area contributed by atoms with Crippen LogP contribution < -0.4 is 11.5 Å². The smallest absolute Gasteiger partial charge is 0.330 e. The first-order valence-electron chi connectivity index (χ1n) is 6.19. The Balaban J connectivity index is 2.57. The second-order valence-corrected chi connectivity index (χ2v) is 6.41. The van der Waals surface area contributed by atoms with Gasteiger partial charge in [-0.1, -0.05) is 6.42 Å². The predicted molar refractivity (Wildman–Crippen MR) is 67.7 cm³/mol. The van der Waals surface area contributed by atoms with Gasteiger partial charge in [-0.3, -0.25) is 9.36 Å². The van der Waals surface area contributed by atoms with Crippen molar-refractivity contribution < 1.29 is 19.1 Å². The minimum absolute atomic E-state index is 0.339. The fourth-order valence-electron chi connectivity index (χ4n) is 2.20. The Hall–Kier alpha value is -0.460. The Bertz CT molecular complexity index is 333. The van der Waals surface area contributed by atoms with Gasteiger partial charge in [0.05, 0.1) is 6.04 Å². The minimum atomic E-state index is -4.27. The molecule has 0 aromatic rings. The second kappa shape index (κ2) is 6.63. The second-order valence-electron chi connectivity index (χ2n) is 4.63. The molecule has 1 heterocycles. The highest BCUT2D eigenvalue weighted by molar-refractivity contribution is 7.52. The van der Waals surface area contributed by atoms with Gasteiger partial charge in [0, 0.05) is 6.54 Å². The molecule has 8 heteroatoms. The summed E-state index contributed by atoms with van der Waals surface area (Å²) in [7, 11) is -4.27. The van der Waals surface area contributed by atoms with Crippen molar-refractivity contribution in [2.45, 2.75) is 43.9 Å². The number of carbonyl (C=O) groups excluding carboxylic acids is 1. The number of rotatable bonds is 6. The first kappa shape index (κ1) is 15.6. The molecule has 1 saturated heterocycles. The number of hydrogen-bond acceptors (Lipinski definition) is 4. The highest BCUT2D eigenvalue weighted by atomic mass is 31.2. The van der Waals surface area contributed by atoms with Crippen LogP contribution in [0.25, 0.3) is 0 Å². The van der Waals surface area contributed by atoms with Crippen LogP contribution >= 0.6 is 7.60 Å². The third-order valence-electron chi connectivity index (χ3n) is 3.18. The van der Waals surface area contributed by atoms with E-state index in [9.17, 15) is 19.1 Å². The number of nitrogens with two attached hydrogens (primary N) is 2. The molecule has 1 fully saturated rings. The van der Waals surface area contributed by atoms with Crippen molar-refractivity contribution in [3.8, 4) is 0 Å². The lowest BCUT2D eigenvalue weighted by atomic mass is 10.1. The SMILES string of the molecule is NCCCC[C@H](N)C(=O)N1CCCC1P(=O)(O)O. The van der Waals surface area contributed by atoms with E-state index in [0.717, 1.165) is 12.8 Å². The van der Waals surface area contributed by atoms with E-state index in [-0.39, 0.29) is 5.91 Å². The topological polar surface area (TPSA) is 130 Å². The van der Waals surface area contributed by atoms with Gasteiger partial charge in [0.2, 0.25) is 5.91 Å². The van der Waals surface area contributed by atoms with Gasteiger partial charge in [0.1, 0.15) is 5.78 Å². The lowest BCUT2D eigenvalue weighted by Crippen LogP contribution is -2.45. The molecule has 0 aromatic carbocycles. The van der Waals surface area contributed by atoms with Gasteiger partial charge < -0.3 is 26.2 Å². The van der Waals surface area contributed by atoms with E-state index < -0.39 is 19.4 Å². The van der Waals surface area contributed by atoms with E-state index in [2.05, 4.69) is 0 Å². The Morgan fingerprint density at radius 1 is 1.44 bits per heavy atom. The highest BCUT2D eigenvalue weighted by Crippen LogP contribution is 2.47. The lowest BCUT2D eigenvalue weighted by molar-refractivity contribution is -0.132. The molecule has 2 atom stereocenters. The number of likely N-dealkylation sites (tertiary alicyclic amines) is 1. The zero-order chi connectivity index (χ0) is 13.8. The standard InChI is InChI=1S/C10H22N3O4P/c11-6-2-1-4-8(12)10(14)13-7-3-5-9(13)18(15,16)17/h8-9H,1-7,11-12H2,(H2,15,16,17)/t8-,9?/m0/s1. The van der Waals surface area contributed by atoms with Crippen molar-refractivity contribution in [1.82, 2.24) is 4.90 Å². The number of hydrogen-bond donors (Lipinski definition) is 4. The predicted octanol–water partition coefficient (Wildman–Crippen LogP) is -0.431. The van der Waals surface area contributed by atoms with Crippen molar-refractivity contribution in [3.63, 3.8) is 0 Å². The van der Waals surface area contributed by atoms with Crippen LogP contribution in [0.1, 0.15) is 32.1 Å². The zero-order valence-electron chi connectivity index (χ0n) is 10.4. The molecule has 1 aliphatic rings. The summed E-state index contributed by atoms with van der Waals surface area (Å²) < 4.78 is 11.3. The van der Waals surface area contributed by atoms with Crippen LogP contribution in [0.4, 0.5) is 0 Å². The van der Waals surface area contributed by atoms with Gasteiger partial charge >= 0.3 is 7.60 Å². The van der Waals surface area contributed by atoms with E-state index in [0.29, 0.717) is 32.4 Å². The maximum Gasteiger partial charge on any atom is 0.347 e. The van der Waals surface area contributed by atoms with Gasteiger partial charge in [-0.25, -0.2) is 0 Å². The molecule has 0 radical (unpaired) electrons. The minimum Gasteiger partial charge on any atom is -0.330 e. The summed E-state index contributed by atoms with van der Waals surface area (Å²) in [6, 6.07) is -0.691. The third kappa shape index (κ3) is 4.03. The van der Waals surface area contributed by atoms with Crippen molar-refractivity contribution in [1.29, 1.82) is 0 Å². The maximum absolute atomic E-state index is 12.0. The van der Waals surface area contributed by atoms with E-state index >= 15 is 0 Å². The number of amides is 1. The molecule has 1 aliphatic heterocycles. The first-order chi connectivity index (χ1) is 8.38. The molecule has 18 heavy (non-hydrogen) atoms. The molecule has 106 valence electrons. The fraction of sp³-hybridized carbons (Fsp3) is 0.900. The highest BCUT2D eigenvalue weighted by Gasteiger charge is 2.41. The molecule has 0 aromatic heterocycles. The van der Waals surface area contributed by atoms with Crippen LogP contribution in [0.3, 0.4) is 0 Å². The van der Waals surface area contributed by atoms with Gasteiger partial charge in [-0.15, -0.1) is 0 Å². The monoisotopic (exact) mass is 279 g/mol. The van der Waals surface area contributed by atoms with Gasteiger partial charge in [-0.2, -0.15) is 0 Å². The summed E-state index contributed by atoms with van der Waals surface area (Å²) in [4.78, 5) is 31.7. The van der Waals surface area contributed by atoms with Crippen molar-refractivity contribution in [2.24, 2.45) is 11.5 Å². The van der Waals surface area contributed by atoms with Crippen molar-refractivity contribution in [2.75, 3.05) is 13.1 Å². The average Bonchev–Trinajstić information content (AvgIpc) is 2.76. The van der Waals surface area contributed by atoms with E-state index in [1.54, 1.807) is 0 Å². The molecular formula is C10H22N3O4P. The van der Waals surface area contributed by atoms with Crippen LogP contribution in [0, 0.1) is 0 Å². The largest absolute Gasteiger partial charge is 0.347 e. The Morgan fingerprint density at radius 3 is 2.67 bits per heavy atom. The van der Waals surface area contributed by atoms with Gasteiger partial charge in [0.25, 0.3) is 0 Å². The molecule has 0 saturated carbocycles. The maximum atomic E-state index is 12.0. The van der Waals surface area contributed by atoms with Crippen LogP contribution in [-0.2, 0) is 9.36 Å². The van der Waals surface area contributed by atoms with Crippen LogP contribution in [0.5, 0.6) is 0 Å². The number of unbranched alkanes of at least 4 members (excludes halogenated alkanes) is 1. The summed E-state index contributed by atoms with van der Waals surface area (Å²) in [6.07, 6.45) is 2.99. The summed E-state index contributed by atoms with van der Waals surface area (Å²) >= 11 is 0. The molecule has 1 unspecified atom stereocenters. The molecule has 7 nitrogen and oxygen atoms in total. The summed E-state index contributed by atoms with van der Waals surface area (Å²) in [5.41, 5.74) is 11.1. The van der Waals surface area contributed by atoms with Crippen LogP contribution in [-0.4, -0.2) is 45.5 Å². The number of carbonyl (C=O) groups is 1. The van der Waals surface area contributed by atoms with E-state index in [1.165, 1.54) is 4.90 Å². The third-order valence-corrected chi connectivity index (χ3v) is 4.49. The Labute approximate surface area is 107 Å². The molecular weight excluding hydrogens is 257 g/mol. The molecule has 1 amide bonds. The van der Waals surface area contributed by atoms with E-state index in [4.69, 9.17) is 11.5 Å². The summed E-state index contributed by atoms with van der Waals surface area (Å²) in [6.45, 7) is 0.926. The fourth-order valence-corrected chi connectivity index (χ4v) is 3.31. The van der Waals surface area contributed by atoms with Crippen molar-refractivity contribution in [3.05, 3.63) is 0 Å². The molecule has 0 spiro atoms. The lowest BCUT2D eigenvalue weighted by Gasteiger charge is -2.27. The van der Waals surface area contributed by atoms with Crippen LogP contribution in [0.2, 0.25) is 0 Å². The summed E-state index contributed by atoms with van der Waals surface area (Å²) in [5, 5.41) is 0. The normalized spacial score (nSPS) is 22.2. The average molecular weight is 279 g/mol. The zero-order valence-corrected chi connectivity index (χ0v) is 11.3. The quantitative estimate of drug-likeness (QED) is 0.385. The Morgan fingerprint density at radius 2 is 2.11 bits per heavy atom. The number of nitrogens with zero attached hydrogens (tertiary/aromatic N) is 1. The van der Waals surface area contributed by atoms with Crippen LogP contribution in [0.15, 0.2) is 0 Å². The Kier molecular flexibility index (Phi) is 5.75. The summed E-state index contributed by atoms with van der Waals surface area (Å²) in [5.74, 6) is -1.36. The van der Waals surface area contributed by atoms with Gasteiger partial charge in [-0.05, 0) is 32.2 Å². The molecule has 6 N–H and O–H groups in total. The molecule has 1 rings (SSSR count). The first-order valence-corrected chi connectivity index (χ1v) is 7.87. The molecule has 0 bridgehead atoms. The molecule has 0 aliphatic carbocycles. The van der Waals surface area contributed by atoms with E-state index in [1.807, 2.05) is 0 Å².